The third kappa shape index (κ3) is 34.2. The Bertz CT molecular complexity index is 4930. The number of amides is 2. The van der Waals surface area contributed by atoms with E-state index in [1.165, 1.54) is 42.7 Å². The van der Waals surface area contributed by atoms with Crippen molar-refractivity contribution in [2.75, 3.05) is 188 Å². The molecule has 2 aromatic carbocycles. The molecule has 694 valence electrons. The molecule has 0 bridgehead atoms. The Kier molecular flexibility index (Phi) is 44.9. The van der Waals surface area contributed by atoms with Gasteiger partial charge in [-0.25, -0.2) is 0 Å². The maximum atomic E-state index is 13.0. The Hall–Kier alpha value is -8.01. The van der Waals surface area contributed by atoms with E-state index < -0.39 is 53.6 Å². The number of alkyl halides is 6. The molecule has 6 saturated heterocycles. The van der Waals surface area contributed by atoms with E-state index in [2.05, 4.69) is 96.5 Å². The number of ether oxygens (including phenoxy) is 8. The first kappa shape index (κ1) is 108. The smallest absolute Gasteiger partial charge is 0.855 e. The van der Waals surface area contributed by atoms with E-state index in [0.717, 1.165) is 113 Å². The number of anilines is 6. The molecule has 6 fully saturated rings. The maximum Gasteiger partial charge on any atom is 1.00 e. The van der Waals surface area contributed by atoms with Gasteiger partial charge in [0.05, 0.1) is 148 Å². The van der Waals surface area contributed by atoms with Crippen molar-refractivity contribution >= 4 is 140 Å². The summed E-state index contributed by atoms with van der Waals surface area (Å²) in [5, 5.41) is 57.8. The van der Waals surface area contributed by atoms with E-state index in [-0.39, 0.29) is 57.6 Å². The van der Waals surface area contributed by atoms with Crippen molar-refractivity contribution < 1.29 is 118 Å². The molecule has 0 unspecified atom stereocenters. The number of rotatable bonds is 16. The van der Waals surface area contributed by atoms with Gasteiger partial charge in [-0.3, -0.25) is 19.6 Å². The second kappa shape index (κ2) is 53.6. The summed E-state index contributed by atoms with van der Waals surface area (Å²) in [5.41, 5.74) is 4.07. The second-order valence-corrected chi connectivity index (χ2v) is 31.2. The number of nitrogens with one attached hydrogen (secondary N) is 3. The van der Waals surface area contributed by atoms with Crippen LogP contribution in [0.4, 0.5) is 60.5 Å². The minimum Gasteiger partial charge on any atom is -0.855 e. The van der Waals surface area contributed by atoms with E-state index in [4.69, 9.17) is 134 Å². The van der Waals surface area contributed by atoms with Gasteiger partial charge in [0.25, 0.3) is 29.5 Å². The number of aryl methyl sites for hydroxylation is 2. The quantitative estimate of drug-likeness (QED) is 0.0597. The minimum absolute atomic E-state index is 0. The fourth-order valence-electron chi connectivity index (χ4n) is 12.0. The summed E-state index contributed by atoms with van der Waals surface area (Å²) in [7, 11) is -0.669. The zero-order chi connectivity index (χ0) is 93.1. The van der Waals surface area contributed by atoms with Gasteiger partial charge in [0.1, 0.15) is 17.1 Å². The predicted octanol–water partition coefficient (Wildman–Crippen LogP) is 11.1. The van der Waals surface area contributed by atoms with E-state index >= 15 is 0 Å². The fourth-order valence-corrected chi connectivity index (χ4v) is 13.1. The summed E-state index contributed by atoms with van der Waals surface area (Å²) < 4.78 is 133. The Morgan fingerprint density at radius 1 is 0.465 bits per heavy atom. The van der Waals surface area contributed by atoms with E-state index in [1.807, 2.05) is 54.5 Å². The Morgan fingerprint density at radius 2 is 0.814 bits per heavy atom. The molecule has 0 spiro atoms. The number of morpholine rings is 5. The van der Waals surface area contributed by atoms with Crippen LogP contribution in [0.2, 0.25) is 35.9 Å². The summed E-state index contributed by atoms with van der Waals surface area (Å²) in [4.78, 5) is 42.2. The van der Waals surface area contributed by atoms with Crippen molar-refractivity contribution in [2.45, 2.75) is 92.8 Å². The van der Waals surface area contributed by atoms with Crippen molar-refractivity contribution in [1.82, 2.24) is 66.3 Å². The number of benzene rings is 2. The van der Waals surface area contributed by atoms with Crippen LogP contribution in [-0.4, -0.2) is 249 Å². The van der Waals surface area contributed by atoms with Gasteiger partial charge in [0, 0.05) is 117 Å². The first-order chi connectivity index (χ1) is 61.1. The Morgan fingerprint density at radius 3 is 1.19 bits per heavy atom. The van der Waals surface area contributed by atoms with Gasteiger partial charge in [0.2, 0.25) is 0 Å². The molecule has 7 aromatic heterocycles. The summed E-state index contributed by atoms with van der Waals surface area (Å²) in [6.07, 6.45) is -6.18. The van der Waals surface area contributed by atoms with Gasteiger partial charge in [-0.05, 0) is 123 Å². The summed E-state index contributed by atoms with van der Waals surface area (Å²) >= 11 is 39.7. The zero-order valence-corrected chi connectivity index (χ0v) is 80.0. The average Bonchev–Trinajstić information content (AvgIpc) is 1.62. The molecular weight excluding hydrogens is 1850 g/mol. The topological polar surface area (TPSA) is 353 Å². The van der Waals surface area contributed by atoms with Gasteiger partial charge >= 0.3 is 49.0 Å². The van der Waals surface area contributed by atoms with Crippen LogP contribution in [0.15, 0.2) is 103 Å². The summed E-state index contributed by atoms with van der Waals surface area (Å²) in [5.74, 6) is 0.140. The number of hydrogen-bond acceptors (Lipinski definition) is 30. The number of halogens is 13. The van der Waals surface area contributed by atoms with Gasteiger partial charge in [-0.2, -0.15) is 26.3 Å². The van der Waals surface area contributed by atoms with Crippen molar-refractivity contribution in [1.29, 1.82) is 0 Å². The number of pyridine rings is 2. The molecule has 0 saturated carbocycles. The summed E-state index contributed by atoms with van der Waals surface area (Å²) in [6, 6.07) is 20.4. The number of nitrogens with zero attached hydrogens (tertiary/aromatic N) is 16. The molecule has 129 heavy (non-hydrogen) atoms. The molecule has 32 nitrogen and oxygen atoms in total. The molecule has 15 rings (SSSR count). The minimum atomic E-state index is -4.54. The molecule has 3 N–H and O–H groups in total. The van der Waals surface area contributed by atoms with Crippen molar-refractivity contribution in [3.05, 3.63) is 173 Å². The summed E-state index contributed by atoms with van der Waals surface area (Å²) in [6.45, 7) is 35.6. The van der Waals surface area contributed by atoms with Crippen LogP contribution >= 0.6 is 81.2 Å². The third-order valence-electron chi connectivity index (χ3n) is 19.1. The van der Waals surface area contributed by atoms with Crippen molar-refractivity contribution in [3.63, 3.8) is 0 Å². The molecule has 6 aliphatic rings. The monoisotopic (exact) mass is 1950 g/mol. The number of aromatic nitrogens is 12. The van der Waals surface area contributed by atoms with Crippen LogP contribution in [0.5, 0.6) is 17.6 Å². The van der Waals surface area contributed by atoms with Gasteiger partial charge in [-0.1, -0.05) is 100 Å². The molecule has 2 amide bonds. The number of carbonyl (C=O) groups is 2. The third-order valence-corrected chi connectivity index (χ3v) is 20.7. The van der Waals surface area contributed by atoms with Crippen LogP contribution in [0.1, 0.15) is 98.6 Å². The van der Waals surface area contributed by atoms with Gasteiger partial charge in [-0.15, -0.1) is 57.6 Å². The van der Waals surface area contributed by atoms with Crippen molar-refractivity contribution in [3.8, 4) is 28.9 Å². The van der Waals surface area contributed by atoms with Crippen molar-refractivity contribution in [2.24, 2.45) is 0 Å². The Balaban J connectivity index is 0.000000217. The molecule has 0 radical (unpaired) electrons. The molecular formula is C82H98BCl7F6N19NaO13. The van der Waals surface area contributed by atoms with Crippen LogP contribution < -0.4 is 89.9 Å². The van der Waals surface area contributed by atoms with E-state index in [9.17, 15) is 35.9 Å². The second-order valence-electron chi connectivity index (χ2n) is 28.5. The molecule has 9 aromatic rings. The number of carbonyl (C=O) groups excluding carboxylic acids is 2. The average molecular weight is 1950 g/mol. The SMILES string of the molecule is C1COCCN1.CCOc1nnc(-c2cc(NC(=O)c3cccc(C(F)(F)F)c3)cnc2C)cc1N1CCOCC1.CCOc1nnc(Cl)cc1N1CCOCC1.CCOc1nnc(Cl)cc1N1CCOCC1.CC[O-].Cc1ncc(NC(=O)c2cccc(C(F)(F)F)c2)cc1B1OC(C)(C)C(C)(C)O1.Clc1cc(Cl)c(Cl)nn1.Clc1cc(N2CCOCC2)c(Cl)nn1.[Na+]. The largest absolute Gasteiger partial charge is 1.00 e. The predicted molar refractivity (Wildman–Crippen MR) is 477 cm³/mol. The van der Waals surface area contributed by atoms with Gasteiger partial charge < -0.3 is 87.9 Å². The maximum absolute atomic E-state index is 13.0. The van der Waals surface area contributed by atoms with E-state index in [1.54, 1.807) is 51.1 Å². The van der Waals surface area contributed by atoms with Crippen LogP contribution in [0.25, 0.3) is 11.3 Å². The normalized spacial score (nSPS) is 15.7. The molecule has 0 atom stereocenters. The van der Waals surface area contributed by atoms with Crippen LogP contribution in [0, 0.1) is 13.8 Å². The Labute approximate surface area is 800 Å². The first-order valence-corrected chi connectivity index (χ1v) is 43.0. The molecule has 6 aliphatic heterocycles. The molecule has 0 aliphatic carbocycles. The van der Waals surface area contributed by atoms with Crippen LogP contribution in [-0.2, 0) is 45.3 Å². The molecule has 47 heteroatoms. The first-order valence-electron chi connectivity index (χ1n) is 40.4. The number of hydrogen-bond donors (Lipinski definition) is 3. The molecule has 13 heterocycles. The van der Waals surface area contributed by atoms with Crippen LogP contribution in [0.3, 0.4) is 0 Å². The fraction of sp³-hybridized carbons (Fsp3) is 0.463. The van der Waals surface area contributed by atoms with Gasteiger partial charge in [0.15, 0.2) is 30.9 Å². The standard InChI is InChI=1S/C24H24F3N5O3.C20H22BF3N2O3.2C10H14ClN3O2.C8H9Cl2N3O.C4HCl3N2.C4H9NO.C2H5O.Na/c1-3-35-23-21(32-7-9-34-10-8-32)13-20(30-31-23)19-12-18(14-28-15(19)2)29-22(33)16-5-4-6-17(11-16)24(25,26)27;1-12-16(21-28-18(2,3)19(4,5)29-21)10-15(11-25-12)26-17(27)13-7-6-8-14(9-13)20(22,23)24;2*1-2-16-10-8(7-9(11)12-13-10)14-3-5-15-6-4-14;9-7-5-6(8(10)12-11-7)13-1-3-14-4-2-13;5-2-1-3(6)8-9-4(2)7;1-3-6-4-2-5-1;1-2-3;/h4-6,11-14H,3,7-10H2,1-2H3,(H,29,33);6-11H,1-5H3,(H,26,27);2*7H,2-6H2,1H3;5H,1-4H2;1H;5H,1-4H2;2H2,1H3;/q;;;;;;;-1;+1. The zero-order valence-electron chi connectivity index (χ0n) is 72.7. The van der Waals surface area contributed by atoms with E-state index in [0.29, 0.717) is 169 Å².